The van der Waals surface area contributed by atoms with E-state index in [0.29, 0.717) is 22.4 Å². The van der Waals surface area contributed by atoms with Crippen LogP contribution in [0.5, 0.6) is 11.5 Å². The van der Waals surface area contributed by atoms with E-state index in [1.807, 2.05) is 0 Å². The summed E-state index contributed by atoms with van der Waals surface area (Å²) in [6, 6.07) is 3.33. The Bertz CT molecular complexity index is 548. The van der Waals surface area contributed by atoms with E-state index in [4.69, 9.17) is 9.47 Å². The van der Waals surface area contributed by atoms with Gasteiger partial charge in [-0.1, -0.05) is 0 Å². The summed E-state index contributed by atoms with van der Waals surface area (Å²) in [5.41, 5.74) is 0.307. The maximum atomic E-state index is 11.5. The average Bonchev–Trinajstić information content (AvgIpc) is 2.28. The fraction of sp³-hybridized carbons (Fsp3) is 0.200. The number of methoxy groups -OCH3 is 2. The zero-order chi connectivity index (χ0) is 10.8. The lowest BCUT2D eigenvalue weighted by atomic mass is 10.2. The Morgan fingerprint density at radius 2 is 2.07 bits per heavy atom. The van der Waals surface area contributed by atoms with E-state index >= 15 is 0 Å². The fourth-order valence-corrected chi connectivity index (χ4v) is 1.46. The molecule has 0 spiro atoms. The summed E-state index contributed by atoms with van der Waals surface area (Å²) in [6.07, 6.45) is 1.34. The predicted octanol–water partition coefficient (Wildman–Crippen LogP) is 0.940. The van der Waals surface area contributed by atoms with Crippen LogP contribution in [0, 0.1) is 0 Å². The van der Waals surface area contributed by atoms with Crippen molar-refractivity contribution in [2.45, 2.75) is 0 Å². The van der Waals surface area contributed by atoms with Crippen molar-refractivity contribution in [3.8, 4) is 11.5 Å². The van der Waals surface area contributed by atoms with E-state index in [0.717, 1.165) is 0 Å². The molecule has 1 aromatic heterocycles. The number of aromatic nitrogens is 2. The molecule has 0 aliphatic rings. The third-order valence-electron chi connectivity index (χ3n) is 2.15. The van der Waals surface area contributed by atoms with Crippen molar-refractivity contribution in [3.63, 3.8) is 0 Å². The van der Waals surface area contributed by atoms with Crippen molar-refractivity contribution in [2.75, 3.05) is 14.2 Å². The van der Waals surface area contributed by atoms with Crippen molar-refractivity contribution in [1.82, 2.24) is 9.97 Å². The van der Waals surface area contributed by atoms with Crippen LogP contribution in [0.1, 0.15) is 0 Å². The van der Waals surface area contributed by atoms with Crippen molar-refractivity contribution < 1.29 is 9.47 Å². The van der Waals surface area contributed by atoms with Gasteiger partial charge in [0, 0.05) is 0 Å². The Kier molecular flexibility index (Phi) is 2.29. The summed E-state index contributed by atoms with van der Waals surface area (Å²) in [4.78, 5) is 18.0. The third-order valence-corrected chi connectivity index (χ3v) is 2.15. The van der Waals surface area contributed by atoms with Crippen LogP contribution in [0.2, 0.25) is 0 Å². The van der Waals surface area contributed by atoms with Gasteiger partial charge in [0.2, 0.25) is 0 Å². The number of hydrogen-bond acceptors (Lipinski definition) is 4. The number of aromatic amines is 1. The lowest BCUT2D eigenvalue weighted by Crippen LogP contribution is -2.07. The highest BCUT2D eigenvalue weighted by molar-refractivity contribution is 5.86. The molecule has 0 aliphatic heterocycles. The van der Waals surface area contributed by atoms with Gasteiger partial charge in [-0.2, -0.15) is 0 Å². The van der Waals surface area contributed by atoms with Crippen molar-refractivity contribution in [2.24, 2.45) is 0 Å². The molecule has 0 bridgehead atoms. The van der Waals surface area contributed by atoms with E-state index in [-0.39, 0.29) is 5.56 Å². The minimum absolute atomic E-state index is 0.194. The monoisotopic (exact) mass is 206 g/mol. The van der Waals surface area contributed by atoms with Gasteiger partial charge in [0.25, 0.3) is 5.56 Å². The minimum Gasteiger partial charge on any atom is -0.493 e. The molecule has 0 atom stereocenters. The molecule has 0 aliphatic carbocycles. The second-order valence-electron chi connectivity index (χ2n) is 2.93. The van der Waals surface area contributed by atoms with Crippen molar-refractivity contribution in [1.29, 1.82) is 0 Å². The normalized spacial score (nSPS) is 10.3. The fourth-order valence-electron chi connectivity index (χ4n) is 1.46. The lowest BCUT2D eigenvalue weighted by Gasteiger charge is -2.08. The molecule has 5 heteroatoms. The molecule has 2 rings (SSSR count). The number of fused-ring (bicyclic) bond motifs is 1. The van der Waals surface area contributed by atoms with Crippen LogP contribution < -0.4 is 15.0 Å². The van der Waals surface area contributed by atoms with E-state index in [2.05, 4.69) is 9.97 Å². The van der Waals surface area contributed by atoms with Crippen molar-refractivity contribution in [3.05, 3.63) is 28.8 Å². The number of hydrogen-bond donors (Lipinski definition) is 1. The molecule has 0 amide bonds. The molecule has 0 saturated heterocycles. The maximum Gasteiger partial charge on any atom is 0.258 e. The molecule has 5 nitrogen and oxygen atoms in total. The van der Waals surface area contributed by atoms with Crippen LogP contribution in [-0.2, 0) is 0 Å². The predicted molar refractivity (Wildman–Crippen MR) is 55.5 cm³/mol. The number of benzene rings is 1. The van der Waals surface area contributed by atoms with Crippen LogP contribution in [0.3, 0.4) is 0 Å². The highest BCUT2D eigenvalue weighted by atomic mass is 16.5. The maximum absolute atomic E-state index is 11.5. The largest absolute Gasteiger partial charge is 0.493 e. The molecule has 15 heavy (non-hydrogen) atoms. The van der Waals surface area contributed by atoms with Gasteiger partial charge in [-0.15, -0.1) is 0 Å². The van der Waals surface area contributed by atoms with Gasteiger partial charge in [-0.25, -0.2) is 4.98 Å². The summed E-state index contributed by atoms with van der Waals surface area (Å²) in [5.74, 6) is 1.03. The molecule has 0 fully saturated rings. The first-order chi connectivity index (χ1) is 7.27. The smallest absolute Gasteiger partial charge is 0.258 e. The summed E-state index contributed by atoms with van der Waals surface area (Å²) in [5, 5.41) is 0.482. The minimum atomic E-state index is -0.194. The Hall–Kier alpha value is -2.04. The number of ether oxygens (including phenoxy) is 2. The van der Waals surface area contributed by atoms with Gasteiger partial charge in [0.1, 0.15) is 5.52 Å². The molecule has 1 aromatic carbocycles. The average molecular weight is 206 g/mol. The molecular formula is C10H10N2O3. The number of rotatable bonds is 2. The first-order valence-corrected chi connectivity index (χ1v) is 4.36. The molecule has 0 radical (unpaired) electrons. The summed E-state index contributed by atoms with van der Waals surface area (Å²) in [7, 11) is 3.05. The van der Waals surface area contributed by atoms with E-state index in [9.17, 15) is 4.79 Å². The highest BCUT2D eigenvalue weighted by Crippen LogP contribution is 2.32. The third kappa shape index (κ3) is 1.41. The van der Waals surface area contributed by atoms with Gasteiger partial charge in [-0.3, -0.25) is 4.79 Å². The molecule has 1 N–H and O–H groups in total. The topological polar surface area (TPSA) is 64.2 Å². The van der Waals surface area contributed by atoms with Crippen LogP contribution in [0.15, 0.2) is 23.3 Å². The van der Waals surface area contributed by atoms with Gasteiger partial charge in [0.15, 0.2) is 11.5 Å². The molecule has 1 heterocycles. The van der Waals surface area contributed by atoms with E-state index in [1.165, 1.54) is 20.5 Å². The summed E-state index contributed by atoms with van der Waals surface area (Å²) < 4.78 is 10.3. The number of nitrogens with zero attached hydrogens (tertiary/aromatic N) is 1. The Morgan fingerprint density at radius 3 is 2.73 bits per heavy atom. The van der Waals surface area contributed by atoms with Gasteiger partial charge in [0.05, 0.1) is 25.9 Å². The van der Waals surface area contributed by atoms with Gasteiger partial charge in [-0.05, 0) is 12.1 Å². The quantitative estimate of drug-likeness (QED) is 0.794. The van der Waals surface area contributed by atoms with Crippen LogP contribution in [0.4, 0.5) is 0 Å². The zero-order valence-electron chi connectivity index (χ0n) is 8.40. The first-order valence-electron chi connectivity index (χ1n) is 4.36. The van der Waals surface area contributed by atoms with Gasteiger partial charge >= 0.3 is 0 Å². The second kappa shape index (κ2) is 3.61. The summed E-state index contributed by atoms with van der Waals surface area (Å²) >= 11 is 0. The molecule has 0 unspecified atom stereocenters. The van der Waals surface area contributed by atoms with E-state index in [1.54, 1.807) is 12.1 Å². The van der Waals surface area contributed by atoms with E-state index < -0.39 is 0 Å². The molecule has 0 saturated carbocycles. The Labute approximate surface area is 85.7 Å². The highest BCUT2D eigenvalue weighted by Gasteiger charge is 2.11. The molecule has 78 valence electrons. The number of nitrogens with one attached hydrogen (secondary N) is 1. The Morgan fingerprint density at radius 1 is 1.27 bits per heavy atom. The number of H-pyrrole nitrogens is 1. The molecule has 2 aromatic rings. The van der Waals surface area contributed by atoms with Crippen LogP contribution >= 0.6 is 0 Å². The van der Waals surface area contributed by atoms with Crippen molar-refractivity contribution >= 4 is 10.9 Å². The summed E-state index contributed by atoms with van der Waals surface area (Å²) in [6.45, 7) is 0. The Balaban J connectivity index is 2.88. The van der Waals surface area contributed by atoms with Crippen LogP contribution in [0.25, 0.3) is 10.9 Å². The SMILES string of the molecule is COc1ccc2c(=O)[nH]cnc2c1OC. The molecular weight excluding hydrogens is 196 g/mol. The second-order valence-corrected chi connectivity index (χ2v) is 2.93. The van der Waals surface area contributed by atoms with Gasteiger partial charge < -0.3 is 14.5 Å². The first kappa shape index (κ1) is 9.51. The lowest BCUT2D eigenvalue weighted by molar-refractivity contribution is 0.358. The standard InChI is InChI=1S/C10H10N2O3/c1-14-7-4-3-6-8(9(7)15-2)11-5-12-10(6)13/h3-5H,1-2H3,(H,11,12,13). The van der Waals surface area contributed by atoms with Crippen LogP contribution in [-0.4, -0.2) is 24.2 Å². The zero-order valence-corrected chi connectivity index (χ0v) is 8.40.